The second-order valence-electron chi connectivity index (χ2n) is 2.88. The third-order valence-electron chi connectivity index (χ3n) is 1.81. The topological polar surface area (TPSA) is 127 Å². The van der Waals surface area contributed by atoms with E-state index in [2.05, 4.69) is 15.1 Å². The van der Waals surface area contributed by atoms with Gasteiger partial charge in [-0.2, -0.15) is 10.1 Å². The second-order valence-corrected chi connectivity index (χ2v) is 2.88. The van der Waals surface area contributed by atoms with Crippen LogP contribution in [0, 0.1) is 0 Å². The van der Waals surface area contributed by atoms with Crippen molar-refractivity contribution in [2.75, 3.05) is 5.73 Å². The van der Waals surface area contributed by atoms with E-state index < -0.39 is 11.5 Å². The first-order valence-electron chi connectivity index (χ1n) is 5.01. The number of anilines is 1. The van der Waals surface area contributed by atoms with Crippen molar-refractivity contribution in [1.82, 2.24) is 19.7 Å². The normalized spacial score (nSPS) is 9.76. The Morgan fingerprint density at radius 1 is 1.59 bits per heavy atom. The minimum atomic E-state index is -1.07. The van der Waals surface area contributed by atoms with E-state index in [4.69, 9.17) is 10.8 Å². The van der Waals surface area contributed by atoms with Gasteiger partial charge in [-0.15, -0.1) is 0 Å². The molecule has 8 heteroatoms. The Morgan fingerprint density at radius 2 is 2.24 bits per heavy atom. The van der Waals surface area contributed by atoms with Crippen LogP contribution in [-0.2, 0) is 11.3 Å². The largest absolute Gasteiger partial charge is 0.480 e. The molecule has 0 radical (unpaired) electrons. The fraction of sp³-hybridized carbons (Fsp3) is 0.333. The van der Waals surface area contributed by atoms with Gasteiger partial charge in [0.25, 0.3) is 5.56 Å². The molecule has 0 unspecified atom stereocenters. The van der Waals surface area contributed by atoms with Gasteiger partial charge in [-0.1, -0.05) is 13.8 Å². The number of hydrogen-bond acceptors (Lipinski definition) is 5. The van der Waals surface area contributed by atoms with Crippen LogP contribution in [0.3, 0.4) is 0 Å². The second kappa shape index (κ2) is 5.10. The molecule has 0 aromatic carbocycles. The highest BCUT2D eigenvalue weighted by Crippen LogP contribution is 2.06. The molecule has 0 spiro atoms. The fourth-order valence-corrected chi connectivity index (χ4v) is 1.23. The van der Waals surface area contributed by atoms with E-state index in [0.717, 1.165) is 4.68 Å². The summed E-state index contributed by atoms with van der Waals surface area (Å²) in [5.41, 5.74) is 5.06. The lowest BCUT2D eigenvalue weighted by atomic mass is 10.4. The molecule has 4 N–H and O–H groups in total. The Hall–Kier alpha value is -2.38. The van der Waals surface area contributed by atoms with Crippen LogP contribution >= 0.6 is 0 Å². The zero-order valence-electron chi connectivity index (χ0n) is 9.47. The number of hydrogen-bond donors (Lipinski definition) is 3. The molecular formula is C9H13N5O3. The lowest BCUT2D eigenvalue weighted by Gasteiger charge is -1.98. The number of nitrogens with one attached hydrogen (secondary N) is 1. The summed E-state index contributed by atoms with van der Waals surface area (Å²) in [7, 11) is 0. The van der Waals surface area contributed by atoms with Gasteiger partial charge in [0.05, 0.1) is 6.20 Å². The Bertz CT molecular complexity index is 586. The van der Waals surface area contributed by atoms with Crippen LogP contribution in [0.2, 0.25) is 0 Å². The number of carbonyl (C=O) groups is 1. The SMILES string of the molecule is CC.Nc1nc2c(cnn2CC(=O)O)c(=O)[nH]1. The molecule has 2 heterocycles. The van der Waals surface area contributed by atoms with Crippen LogP contribution in [0.15, 0.2) is 11.0 Å². The summed E-state index contributed by atoms with van der Waals surface area (Å²) in [5.74, 6) is -1.14. The van der Waals surface area contributed by atoms with Gasteiger partial charge >= 0.3 is 5.97 Å². The van der Waals surface area contributed by atoms with Crippen molar-refractivity contribution in [1.29, 1.82) is 0 Å². The predicted molar refractivity (Wildman–Crippen MR) is 61.5 cm³/mol. The number of fused-ring (bicyclic) bond motifs is 1. The first kappa shape index (κ1) is 12.7. The highest BCUT2D eigenvalue weighted by molar-refractivity contribution is 5.76. The number of nitrogen functional groups attached to an aromatic ring is 1. The van der Waals surface area contributed by atoms with Crippen LogP contribution in [0.25, 0.3) is 11.0 Å². The standard InChI is InChI=1S/C7H7N5O3.C2H6/c8-7-10-5-3(6(15)11-7)1-9-12(5)2-4(13)14;1-2/h1H,2H2,(H,13,14)(H3,8,10,11,15);1-2H3. The van der Waals surface area contributed by atoms with E-state index in [0.29, 0.717) is 0 Å². The number of carboxylic acids is 1. The molecule has 0 bridgehead atoms. The van der Waals surface area contributed by atoms with E-state index in [-0.39, 0.29) is 23.5 Å². The Kier molecular flexibility index (Phi) is 3.81. The summed E-state index contributed by atoms with van der Waals surface area (Å²) in [6.45, 7) is 3.64. The molecule has 0 amide bonds. The van der Waals surface area contributed by atoms with Crippen molar-refractivity contribution in [3.8, 4) is 0 Å². The molecule has 0 fully saturated rings. The first-order chi connectivity index (χ1) is 8.08. The van der Waals surface area contributed by atoms with Gasteiger partial charge in [0.1, 0.15) is 11.9 Å². The summed E-state index contributed by atoms with van der Waals surface area (Å²) in [6.07, 6.45) is 1.25. The molecule has 2 rings (SSSR count). The lowest BCUT2D eigenvalue weighted by Crippen LogP contribution is -2.14. The zero-order valence-corrected chi connectivity index (χ0v) is 9.47. The van der Waals surface area contributed by atoms with Crippen LogP contribution < -0.4 is 11.3 Å². The van der Waals surface area contributed by atoms with Crippen molar-refractivity contribution in [3.63, 3.8) is 0 Å². The molecule has 2 aromatic heterocycles. The minimum Gasteiger partial charge on any atom is -0.480 e. The number of rotatable bonds is 2. The molecule has 0 aliphatic heterocycles. The van der Waals surface area contributed by atoms with Crippen LogP contribution in [0.1, 0.15) is 13.8 Å². The Balaban J connectivity index is 0.000000686. The number of aromatic nitrogens is 4. The van der Waals surface area contributed by atoms with Gasteiger partial charge in [0.2, 0.25) is 5.95 Å². The molecular weight excluding hydrogens is 226 g/mol. The Morgan fingerprint density at radius 3 is 2.82 bits per heavy atom. The number of H-pyrrole nitrogens is 1. The van der Waals surface area contributed by atoms with Gasteiger partial charge in [-0.3, -0.25) is 14.6 Å². The van der Waals surface area contributed by atoms with Crippen LogP contribution in [0.5, 0.6) is 0 Å². The maximum absolute atomic E-state index is 11.3. The predicted octanol–water partition coefficient (Wildman–Crippen LogP) is -0.187. The fourth-order valence-electron chi connectivity index (χ4n) is 1.23. The maximum atomic E-state index is 11.3. The lowest BCUT2D eigenvalue weighted by molar-refractivity contribution is -0.137. The third kappa shape index (κ3) is 2.60. The number of carboxylic acid groups (broad SMARTS) is 1. The van der Waals surface area contributed by atoms with Gasteiger partial charge in [-0.05, 0) is 0 Å². The van der Waals surface area contributed by atoms with E-state index in [1.54, 1.807) is 0 Å². The number of aromatic amines is 1. The highest BCUT2D eigenvalue weighted by atomic mass is 16.4. The van der Waals surface area contributed by atoms with E-state index in [9.17, 15) is 9.59 Å². The van der Waals surface area contributed by atoms with Crippen molar-refractivity contribution in [3.05, 3.63) is 16.6 Å². The van der Waals surface area contributed by atoms with Crippen LogP contribution in [0.4, 0.5) is 5.95 Å². The summed E-state index contributed by atoms with van der Waals surface area (Å²) in [5, 5.41) is 12.5. The number of aliphatic carboxylic acids is 1. The summed E-state index contributed by atoms with van der Waals surface area (Å²) < 4.78 is 1.10. The van der Waals surface area contributed by atoms with E-state index >= 15 is 0 Å². The number of nitrogens with zero attached hydrogens (tertiary/aromatic N) is 3. The Labute approximate surface area is 96.1 Å². The molecule has 0 aliphatic rings. The van der Waals surface area contributed by atoms with Gasteiger partial charge in [0.15, 0.2) is 5.65 Å². The van der Waals surface area contributed by atoms with Crippen molar-refractivity contribution >= 4 is 23.0 Å². The van der Waals surface area contributed by atoms with E-state index in [1.807, 2.05) is 13.8 Å². The van der Waals surface area contributed by atoms with Gasteiger partial charge in [0, 0.05) is 0 Å². The average Bonchev–Trinajstić information content (AvgIpc) is 2.64. The van der Waals surface area contributed by atoms with Crippen molar-refractivity contribution in [2.45, 2.75) is 20.4 Å². The maximum Gasteiger partial charge on any atom is 0.325 e. The third-order valence-corrected chi connectivity index (χ3v) is 1.81. The van der Waals surface area contributed by atoms with Gasteiger partial charge in [-0.25, -0.2) is 4.68 Å². The molecule has 0 saturated heterocycles. The minimum absolute atomic E-state index is 0.0698. The molecule has 0 atom stereocenters. The van der Waals surface area contributed by atoms with Crippen molar-refractivity contribution < 1.29 is 9.90 Å². The summed E-state index contributed by atoms with van der Waals surface area (Å²) in [6, 6.07) is 0. The smallest absolute Gasteiger partial charge is 0.325 e. The quantitative estimate of drug-likeness (QED) is 0.666. The molecule has 92 valence electrons. The summed E-state index contributed by atoms with van der Waals surface area (Å²) >= 11 is 0. The van der Waals surface area contributed by atoms with E-state index in [1.165, 1.54) is 6.20 Å². The molecule has 17 heavy (non-hydrogen) atoms. The van der Waals surface area contributed by atoms with Crippen LogP contribution in [-0.4, -0.2) is 30.8 Å². The monoisotopic (exact) mass is 239 g/mol. The molecule has 0 aliphatic carbocycles. The molecule has 8 nitrogen and oxygen atoms in total. The zero-order chi connectivity index (χ0) is 13.0. The molecule has 2 aromatic rings. The van der Waals surface area contributed by atoms with Crippen molar-refractivity contribution in [2.24, 2.45) is 0 Å². The summed E-state index contributed by atoms with van der Waals surface area (Å²) in [4.78, 5) is 27.9. The molecule has 0 saturated carbocycles. The average molecular weight is 239 g/mol. The van der Waals surface area contributed by atoms with Gasteiger partial charge < -0.3 is 10.8 Å². The number of nitrogens with two attached hydrogens (primary N) is 1. The first-order valence-corrected chi connectivity index (χ1v) is 5.01. The highest BCUT2D eigenvalue weighted by Gasteiger charge is 2.10.